The molecule has 0 saturated carbocycles. The SMILES string of the molecule is Cc1ccc(S[C@H](C)C(=O)NCCSCc2cccc(Cl)c2)cc1. The zero-order chi connectivity index (χ0) is 17.4. The Labute approximate surface area is 157 Å². The zero-order valence-electron chi connectivity index (χ0n) is 13.9. The summed E-state index contributed by atoms with van der Waals surface area (Å²) >= 11 is 9.35. The topological polar surface area (TPSA) is 29.1 Å². The molecule has 0 radical (unpaired) electrons. The van der Waals surface area contributed by atoms with Gasteiger partial charge >= 0.3 is 0 Å². The molecule has 0 spiro atoms. The maximum absolute atomic E-state index is 12.1. The third-order valence-corrected chi connectivity index (χ3v) is 5.78. The van der Waals surface area contributed by atoms with Gasteiger partial charge in [0.05, 0.1) is 5.25 Å². The van der Waals surface area contributed by atoms with E-state index in [2.05, 4.69) is 42.6 Å². The van der Waals surface area contributed by atoms with Crippen molar-refractivity contribution in [2.45, 2.75) is 29.7 Å². The van der Waals surface area contributed by atoms with E-state index >= 15 is 0 Å². The van der Waals surface area contributed by atoms with Crippen LogP contribution in [0.2, 0.25) is 5.02 Å². The van der Waals surface area contributed by atoms with E-state index in [0.717, 1.165) is 21.4 Å². The number of halogens is 1. The maximum Gasteiger partial charge on any atom is 0.233 e. The van der Waals surface area contributed by atoms with E-state index in [9.17, 15) is 4.79 Å². The smallest absolute Gasteiger partial charge is 0.233 e. The number of amides is 1. The fraction of sp³-hybridized carbons (Fsp3) is 0.316. The Balaban J connectivity index is 1.64. The second-order valence-electron chi connectivity index (χ2n) is 5.55. The van der Waals surface area contributed by atoms with E-state index in [4.69, 9.17) is 11.6 Å². The second-order valence-corrected chi connectivity index (χ2v) is 8.50. The first-order chi connectivity index (χ1) is 11.5. The normalized spacial score (nSPS) is 12.0. The van der Waals surface area contributed by atoms with Crippen molar-refractivity contribution in [3.8, 4) is 0 Å². The van der Waals surface area contributed by atoms with Crippen molar-refractivity contribution in [3.63, 3.8) is 0 Å². The van der Waals surface area contributed by atoms with Crippen molar-refractivity contribution in [3.05, 3.63) is 64.7 Å². The lowest BCUT2D eigenvalue weighted by Gasteiger charge is -2.12. The van der Waals surface area contributed by atoms with Crippen molar-refractivity contribution >= 4 is 41.0 Å². The van der Waals surface area contributed by atoms with Gasteiger partial charge in [-0.3, -0.25) is 4.79 Å². The van der Waals surface area contributed by atoms with Gasteiger partial charge in [-0.05, 0) is 43.7 Å². The Morgan fingerprint density at radius 2 is 1.96 bits per heavy atom. The third kappa shape index (κ3) is 6.80. The summed E-state index contributed by atoms with van der Waals surface area (Å²) in [5.41, 5.74) is 2.44. The summed E-state index contributed by atoms with van der Waals surface area (Å²) in [6.45, 7) is 4.69. The van der Waals surface area contributed by atoms with Gasteiger partial charge in [0.1, 0.15) is 0 Å². The van der Waals surface area contributed by atoms with Crippen LogP contribution in [-0.2, 0) is 10.5 Å². The number of nitrogens with one attached hydrogen (secondary N) is 1. The minimum absolute atomic E-state index is 0.0870. The molecule has 2 aromatic carbocycles. The Kier molecular flexibility index (Phi) is 8.03. The highest BCUT2D eigenvalue weighted by Gasteiger charge is 2.13. The minimum Gasteiger partial charge on any atom is -0.354 e. The van der Waals surface area contributed by atoms with Gasteiger partial charge in [-0.15, -0.1) is 11.8 Å². The number of rotatable bonds is 8. The van der Waals surface area contributed by atoms with Crippen molar-refractivity contribution < 1.29 is 4.79 Å². The molecule has 128 valence electrons. The Morgan fingerprint density at radius 3 is 2.67 bits per heavy atom. The van der Waals surface area contributed by atoms with Gasteiger partial charge in [0.2, 0.25) is 5.91 Å². The molecule has 0 aliphatic rings. The van der Waals surface area contributed by atoms with Crippen molar-refractivity contribution in [2.75, 3.05) is 12.3 Å². The fourth-order valence-electron chi connectivity index (χ4n) is 2.08. The molecule has 2 aromatic rings. The molecule has 0 bridgehead atoms. The van der Waals surface area contributed by atoms with Crippen LogP contribution >= 0.6 is 35.1 Å². The fourth-order valence-corrected chi connectivity index (χ4v) is 3.99. The van der Waals surface area contributed by atoms with E-state index in [-0.39, 0.29) is 11.2 Å². The molecule has 0 aliphatic heterocycles. The van der Waals surface area contributed by atoms with E-state index < -0.39 is 0 Å². The molecule has 0 aliphatic carbocycles. The summed E-state index contributed by atoms with van der Waals surface area (Å²) in [6, 6.07) is 16.1. The molecule has 24 heavy (non-hydrogen) atoms. The van der Waals surface area contributed by atoms with Crippen molar-refractivity contribution in [1.29, 1.82) is 0 Å². The summed E-state index contributed by atoms with van der Waals surface area (Å²) < 4.78 is 0. The Bertz CT molecular complexity index is 661. The predicted molar refractivity (Wildman–Crippen MR) is 107 cm³/mol. The first-order valence-corrected chi connectivity index (χ1v) is 10.3. The van der Waals surface area contributed by atoms with Gasteiger partial charge in [-0.2, -0.15) is 11.8 Å². The summed E-state index contributed by atoms with van der Waals surface area (Å²) in [7, 11) is 0. The Hall–Kier alpha value is -1.10. The number of hydrogen-bond donors (Lipinski definition) is 1. The average molecular weight is 380 g/mol. The van der Waals surface area contributed by atoms with Crippen LogP contribution in [-0.4, -0.2) is 23.5 Å². The van der Waals surface area contributed by atoms with Crippen molar-refractivity contribution in [2.24, 2.45) is 0 Å². The molecular weight excluding hydrogens is 358 g/mol. The zero-order valence-corrected chi connectivity index (χ0v) is 16.3. The van der Waals surface area contributed by atoms with Crippen LogP contribution in [0, 0.1) is 6.92 Å². The largest absolute Gasteiger partial charge is 0.354 e. The van der Waals surface area contributed by atoms with Gasteiger partial charge in [0.15, 0.2) is 0 Å². The lowest BCUT2D eigenvalue weighted by molar-refractivity contribution is -0.120. The van der Waals surface area contributed by atoms with Gasteiger partial charge in [0.25, 0.3) is 0 Å². The molecule has 0 heterocycles. The molecule has 0 saturated heterocycles. The average Bonchev–Trinajstić information content (AvgIpc) is 2.56. The van der Waals surface area contributed by atoms with Crippen LogP contribution in [0.4, 0.5) is 0 Å². The summed E-state index contributed by atoms with van der Waals surface area (Å²) in [6.07, 6.45) is 0. The van der Waals surface area contributed by atoms with Gasteiger partial charge in [-0.1, -0.05) is 41.4 Å². The van der Waals surface area contributed by atoms with Crippen LogP contribution in [0.1, 0.15) is 18.1 Å². The molecule has 2 nitrogen and oxygen atoms in total. The van der Waals surface area contributed by atoms with Crippen LogP contribution in [0.15, 0.2) is 53.4 Å². The highest BCUT2D eigenvalue weighted by molar-refractivity contribution is 8.00. The highest BCUT2D eigenvalue weighted by Crippen LogP contribution is 2.23. The first-order valence-electron chi connectivity index (χ1n) is 7.88. The number of hydrogen-bond acceptors (Lipinski definition) is 3. The molecule has 1 amide bonds. The molecule has 2 rings (SSSR count). The van der Waals surface area contributed by atoms with Gasteiger partial charge in [-0.25, -0.2) is 0 Å². The van der Waals surface area contributed by atoms with E-state index in [1.165, 1.54) is 11.1 Å². The molecule has 0 unspecified atom stereocenters. The summed E-state index contributed by atoms with van der Waals surface area (Å²) in [5, 5.41) is 3.68. The van der Waals surface area contributed by atoms with E-state index in [1.54, 1.807) is 23.5 Å². The number of carbonyl (C=O) groups excluding carboxylic acids is 1. The third-order valence-electron chi connectivity index (χ3n) is 3.41. The summed E-state index contributed by atoms with van der Waals surface area (Å²) in [5.74, 6) is 1.88. The summed E-state index contributed by atoms with van der Waals surface area (Å²) in [4.78, 5) is 13.3. The molecule has 1 atom stereocenters. The predicted octanol–water partition coefficient (Wildman–Crippen LogP) is 5.18. The first kappa shape index (κ1) is 19.2. The highest BCUT2D eigenvalue weighted by atomic mass is 35.5. The van der Waals surface area contributed by atoms with Gasteiger partial charge in [0, 0.05) is 28.0 Å². The molecule has 1 N–H and O–H groups in total. The number of benzene rings is 2. The second kappa shape index (κ2) is 10.0. The molecule has 0 aromatic heterocycles. The standard InChI is InChI=1S/C19H22ClNOS2/c1-14-6-8-18(9-7-14)24-15(2)19(22)21-10-11-23-13-16-4-3-5-17(20)12-16/h3-9,12,15H,10-11,13H2,1-2H3,(H,21,22)/t15-/m1/s1. The quantitative estimate of drug-likeness (QED) is 0.506. The van der Waals surface area contributed by atoms with E-state index in [0.29, 0.717) is 6.54 Å². The van der Waals surface area contributed by atoms with Crippen LogP contribution in [0.25, 0.3) is 0 Å². The lowest BCUT2D eigenvalue weighted by Crippen LogP contribution is -2.32. The number of aryl methyl sites for hydroxylation is 1. The van der Waals surface area contributed by atoms with Crippen molar-refractivity contribution in [1.82, 2.24) is 5.32 Å². The Morgan fingerprint density at radius 1 is 1.21 bits per heavy atom. The minimum atomic E-state index is -0.0920. The number of carbonyl (C=O) groups is 1. The lowest BCUT2D eigenvalue weighted by atomic mass is 10.2. The monoisotopic (exact) mass is 379 g/mol. The maximum atomic E-state index is 12.1. The van der Waals surface area contributed by atoms with Crippen LogP contribution in [0.3, 0.4) is 0 Å². The van der Waals surface area contributed by atoms with E-state index in [1.807, 2.05) is 25.1 Å². The van der Waals surface area contributed by atoms with Crippen LogP contribution in [0.5, 0.6) is 0 Å². The molecule has 5 heteroatoms. The van der Waals surface area contributed by atoms with Crippen LogP contribution < -0.4 is 5.32 Å². The molecule has 0 fully saturated rings. The molecular formula is C19H22ClNOS2. The number of thioether (sulfide) groups is 2. The van der Waals surface area contributed by atoms with Gasteiger partial charge < -0.3 is 5.32 Å².